The Hall–Kier alpha value is -1.49. The molecule has 1 aliphatic rings. The van der Waals surface area contributed by atoms with E-state index in [1.165, 1.54) is 11.3 Å². The molecule has 0 aromatic heterocycles. The molecule has 0 bridgehead atoms. The van der Waals surface area contributed by atoms with Gasteiger partial charge < -0.3 is 10.2 Å². The summed E-state index contributed by atoms with van der Waals surface area (Å²) in [5, 5.41) is 2.80. The average molecular weight is 277 g/mol. The molecule has 2 amide bonds. The number of amides is 2. The van der Waals surface area contributed by atoms with Gasteiger partial charge in [-0.15, -0.1) is 11.8 Å². The summed E-state index contributed by atoms with van der Waals surface area (Å²) in [6.07, 6.45) is 5.19. The Morgan fingerprint density at radius 1 is 1.32 bits per heavy atom. The molecule has 0 aliphatic carbocycles. The van der Waals surface area contributed by atoms with E-state index in [-0.39, 0.29) is 6.03 Å². The summed E-state index contributed by atoms with van der Waals surface area (Å²) < 4.78 is 0. The number of aliphatic imine (C=N–C) groups is 1. The van der Waals surface area contributed by atoms with E-state index >= 15 is 0 Å². The van der Waals surface area contributed by atoms with Crippen molar-refractivity contribution < 1.29 is 4.79 Å². The van der Waals surface area contributed by atoms with Crippen LogP contribution in [0.1, 0.15) is 19.3 Å². The number of piperidine rings is 1. The Morgan fingerprint density at radius 2 is 2.05 bits per heavy atom. The zero-order valence-electron chi connectivity index (χ0n) is 11.3. The molecule has 1 N–H and O–H groups in total. The standard InChI is InChI=1S/C14H19N3OS/c1-17-10-4-3-5-13(17)16-14(18)15-11-6-8-12(19-2)9-7-11/h6-9H,3-5,10H2,1-2H3,(H,15,18)/b16-13-. The van der Waals surface area contributed by atoms with Crippen LogP contribution in [-0.2, 0) is 0 Å². The third-order valence-corrected chi connectivity index (χ3v) is 3.90. The van der Waals surface area contributed by atoms with Gasteiger partial charge in [-0.2, -0.15) is 4.99 Å². The lowest BCUT2D eigenvalue weighted by Gasteiger charge is -2.25. The fraction of sp³-hybridized carbons (Fsp3) is 0.429. The first kappa shape index (κ1) is 13.9. The Bertz CT molecular complexity index is 470. The molecule has 1 heterocycles. The van der Waals surface area contributed by atoms with Gasteiger partial charge in [0, 0.05) is 30.6 Å². The number of likely N-dealkylation sites (tertiary alicyclic amines) is 1. The first-order chi connectivity index (χ1) is 9.19. The summed E-state index contributed by atoms with van der Waals surface area (Å²) in [4.78, 5) is 19.2. The van der Waals surface area contributed by atoms with Crippen molar-refractivity contribution >= 4 is 29.3 Å². The molecular formula is C14H19N3OS. The maximum Gasteiger partial charge on any atom is 0.347 e. The minimum atomic E-state index is -0.291. The molecule has 0 spiro atoms. The lowest BCUT2D eigenvalue weighted by molar-refractivity contribution is 0.259. The van der Waals surface area contributed by atoms with Crippen molar-refractivity contribution in [2.45, 2.75) is 24.2 Å². The lowest BCUT2D eigenvalue weighted by Crippen LogP contribution is -2.32. The molecule has 102 valence electrons. The van der Waals surface area contributed by atoms with Crippen molar-refractivity contribution in [3.05, 3.63) is 24.3 Å². The highest BCUT2D eigenvalue weighted by atomic mass is 32.2. The monoisotopic (exact) mass is 277 g/mol. The maximum atomic E-state index is 11.9. The molecule has 1 saturated heterocycles. The summed E-state index contributed by atoms with van der Waals surface area (Å²) in [5.74, 6) is 0.879. The number of amidine groups is 1. The number of anilines is 1. The largest absolute Gasteiger partial charge is 0.363 e. The van der Waals surface area contributed by atoms with Gasteiger partial charge in [0.05, 0.1) is 0 Å². The number of carbonyl (C=O) groups is 1. The first-order valence-corrected chi connectivity index (χ1v) is 7.65. The van der Waals surface area contributed by atoms with Gasteiger partial charge in [-0.1, -0.05) is 0 Å². The van der Waals surface area contributed by atoms with Crippen LogP contribution in [0.25, 0.3) is 0 Å². The van der Waals surface area contributed by atoms with Gasteiger partial charge in [0.25, 0.3) is 0 Å². The smallest absolute Gasteiger partial charge is 0.347 e. The van der Waals surface area contributed by atoms with E-state index in [1.54, 1.807) is 11.8 Å². The van der Waals surface area contributed by atoms with E-state index in [9.17, 15) is 4.79 Å². The van der Waals surface area contributed by atoms with E-state index in [0.717, 1.165) is 30.9 Å². The van der Waals surface area contributed by atoms with Crippen LogP contribution >= 0.6 is 11.8 Å². The summed E-state index contributed by atoms with van der Waals surface area (Å²) in [7, 11) is 1.98. The summed E-state index contributed by atoms with van der Waals surface area (Å²) in [6, 6.07) is 7.48. The highest BCUT2D eigenvalue weighted by Crippen LogP contribution is 2.17. The number of nitrogens with zero attached hydrogens (tertiary/aromatic N) is 2. The second-order valence-electron chi connectivity index (χ2n) is 4.57. The fourth-order valence-corrected chi connectivity index (χ4v) is 2.44. The number of carbonyl (C=O) groups excluding carboxylic acids is 1. The van der Waals surface area contributed by atoms with Crippen LogP contribution in [0.5, 0.6) is 0 Å². The van der Waals surface area contributed by atoms with Gasteiger partial charge >= 0.3 is 6.03 Å². The molecule has 0 unspecified atom stereocenters. The fourth-order valence-electron chi connectivity index (χ4n) is 2.04. The summed E-state index contributed by atoms with van der Waals surface area (Å²) in [5.41, 5.74) is 0.783. The molecule has 5 heteroatoms. The SMILES string of the molecule is CSc1ccc(NC(=O)/N=C2/CCCCN2C)cc1. The van der Waals surface area contributed by atoms with E-state index in [4.69, 9.17) is 0 Å². The zero-order chi connectivity index (χ0) is 13.7. The van der Waals surface area contributed by atoms with Crippen molar-refractivity contribution in [2.75, 3.05) is 25.2 Å². The van der Waals surface area contributed by atoms with E-state index in [2.05, 4.69) is 15.2 Å². The summed E-state index contributed by atoms with van der Waals surface area (Å²) in [6.45, 7) is 0.981. The van der Waals surface area contributed by atoms with Crippen LogP contribution in [0.4, 0.5) is 10.5 Å². The van der Waals surface area contributed by atoms with Gasteiger partial charge in [-0.3, -0.25) is 0 Å². The molecule has 4 nitrogen and oxygen atoms in total. The van der Waals surface area contributed by atoms with Crippen molar-refractivity contribution in [1.29, 1.82) is 0 Å². The molecule has 19 heavy (non-hydrogen) atoms. The van der Waals surface area contributed by atoms with Crippen LogP contribution in [0, 0.1) is 0 Å². The predicted octanol–water partition coefficient (Wildman–Crippen LogP) is 3.45. The number of hydrogen-bond donors (Lipinski definition) is 1. The summed E-state index contributed by atoms with van der Waals surface area (Å²) >= 11 is 1.68. The second kappa shape index (κ2) is 6.61. The Balaban J connectivity index is 1.98. The second-order valence-corrected chi connectivity index (χ2v) is 5.45. The topological polar surface area (TPSA) is 44.7 Å². The van der Waals surface area contributed by atoms with Crippen LogP contribution in [0.15, 0.2) is 34.2 Å². The first-order valence-electron chi connectivity index (χ1n) is 6.43. The molecule has 1 fully saturated rings. The molecule has 0 radical (unpaired) electrons. The van der Waals surface area contributed by atoms with Gasteiger partial charge in [-0.25, -0.2) is 4.79 Å². The van der Waals surface area contributed by atoms with Gasteiger partial charge in [-0.05, 0) is 43.4 Å². The Morgan fingerprint density at radius 3 is 2.68 bits per heavy atom. The van der Waals surface area contributed by atoms with Gasteiger partial charge in [0.15, 0.2) is 0 Å². The van der Waals surface area contributed by atoms with Crippen molar-refractivity contribution in [3.8, 4) is 0 Å². The van der Waals surface area contributed by atoms with Crippen LogP contribution in [0.2, 0.25) is 0 Å². The third kappa shape index (κ3) is 3.99. The molecule has 2 rings (SSSR count). The van der Waals surface area contributed by atoms with E-state index in [0.29, 0.717) is 0 Å². The highest BCUT2D eigenvalue weighted by Gasteiger charge is 2.13. The molecule has 0 saturated carbocycles. The number of thioether (sulfide) groups is 1. The van der Waals surface area contributed by atoms with Crippen LogP contribution in [-0.4, -0.2) is 36.6 Å². The van der Waals surface area contributed by atoms with Crippen LogP contribution < -0.4 is 5.32 Å². The number of rotatable bonds is 2. The molecular weight excluding hydrogens is 258 g/mol. The predicted molar refractivity (Wildman–Crippen MR) is 81.2 cm³/mol. The third-order valence-electron chi connectivity index (χ3n) is 3.16. The van der Waals surface area contributed by atoms with Crippen molar-refractivity contribution in [2.24, 2.45) is 4.99 Å². The lowest BCUT2D eigenvalue weighted by atomic mass is 10.1. The number of hydrogen-bond acceptors (Lipinski definition) is 2. The van der Waals surface area contributed by atoms with Crippen molar-refractivity contribution in [3.63, 3.8) is 0 Å². The van der Waals surface area contributed by atoms with Crippen molar-refractivity contribution in [1.82, 2.24) is 4.90 Å². The van der Waals surface area contributed by atoms with Crippen LogP contribution in [0.3, 0.4) is 0 Å². The molecule has 1 aliphatic heterocycles. The van der Waals surface area contributed by atoms with Gasteiger partial charge in [0.2, 0.25) is 0 Å². The number of urea groups is 1. The normalized spacial score (nSPS) is 17.6. The Labute approximate surface area is 118 Å². The quantitative estimate of drug-likeness (QED) is 0.842. The highest BCUT2D eigenvalue weighted by molar-refractivity contribution is 7.98. The molecule has 1 aromatic rings. The molecule has 0 atom stereocenters. The van der Waals surface area contributed by atoms with E-state index < -0.39 is 0 Å². The minimum Gasteiger partial charge on any atom is -0.363 e. The zero-order valence-corrected chi connectivity index (χ0v) is 12.2. The molecule has 1 aromatic carbocycles. The van der Waals surface area contributed by atoms with E-state index in [1.807, 2.05) is 37.6 Å². The van der Waals surface area contributed by atoms with Gasteiger partial charge in [0.1, 0.15) is 5.84 Å². The maximum absolute atomic E-state index is 11.9. The average Bonchev–Trinajstić information content (AvgIpc) is 2.42. The minimum absolute atomic E-state index is 0.291. The number of benzene rings is 1. The Kier molecular flexibility index (Phi) is 4.85. The number of nitrogens with one attached hydrogen (secondary N) is 1.